The van der Waals surface area contributed by atoms with Gasteiger partial charge in [-0.2, -0.15) is 0 Å². The van der Waals surface area contributed by atoms with Gasteiger partial charge in [0.25, 0.3) is 0 Å². The lowest BCUT2D eigenvalue weighted by Gasteiger charge is -2.10. The Bertz CT molecular complexity index is 872. The SMILES string of the molecule is COc1cc(C=O)ccc1OCC(=O)OCc1nc2ccccc2s1. The lowest BCUT2D eigenvalue weighted by atomic mass is 10.2. The van der Waals surface area contributed by atoms with Gasteiger partial charge in [-0.3, -0.25) is 4.79 Å². The van der Waals surface area contributed by atoms with E-state index < -0.39 is 5.97 Å². The average molecular weight is 357 g/mol. The number of methoxy groups -OCH3 is 1. The first-order valence-electron chi connectivity index (χ1n) is 7.45. The standard InChI is InChI=1S/C18H15NO5S/c1-22-15-8-12(9-20)6-7-14(15)23-11-18(21)24-10-17-19-13-4-2-3-5-16(13)25-17/h2-9H,10-11H2,1H3. The van der Waals surface area contributed by atoms with E-state index in [-0.39, 0.29) is 13.2 Å². The molecule has 0 saturated carbocycles. The number of fused-ring (bicyclic) bond motifs is 1. The topological polar surface area (TPSA) is 74.7 Å². The fourth-order valence-corrected chi connectivity index (χ4v) is 3.06. The Morgan fingerprint density at radius 3 is 2.80 bits per heavy atom. The van der Waals surface area contributed by atoms with Gasteiger partial charge in [-0.1, -0.05) is 12.1 Å². The maximum Gasteiger partial charge on any atom is 0.344 e. The van der Waals surface area contributed by atoms with E-state index in [0.717, 1.165) is 15.2 Å². The van der Waals surface area contributed by atoms with Gasteiger partial charge in [0.1, 0.15) is 17.9 Å². The second-order valence-corrected chi connectivity index (χ2v) is 6.17. The summed E-state index contributed by atoms with van der Waals surface area (Å²) in [4.78, 5) is 27.0. The van der Waals surface area contributed by atoms with Gasteiger partial charge in [-0.25, -0.2) is 9.78 Å². The second-order valence-electron chi connectivity index (χ2n) is 5.05. The zero-order valence-corrected chi connectivity index (χ0v) is 14.2. The molecule has 0 radical (unpaired) electrons. The number of para-hydroxylation sites is 1. The molecule has 0 fully saturated rings. The number of hydrogen-bond donors (Lipinski definition) is 0. The number of carbonyl (C=O) groups excluding carboxylic acids is 2. The van der Waals surface area contributed by atoms with Crippen LogP contribution in [0.1, 0.15) is 15.4 Å². The molecule has 0 aliphatic rings. The highest BCUT2D eigenvalue weighted by Crippen LogP contribution is 2.27. The van der Waals surface area contributed by atoms with Crippen molar-refractivity contribution in [3.63, 3.8) is 0 Å². The molecule has 3 aromatic rings. The van der Waals surface area contributed by atoms with Gasteiger partial charge in [0.2, 0.25) is 0 Å². The highest BCUT2D eigenvalue weighted by Gasteiger charge is 2.11. The van der Waals surface area contributed by atoms with Crippen molar-refractivity contribution in [1.29, 1.82) is 0 Å². The van der Waals surface area contributed by atoms with Crippen molar-refractivity contribution in [2.45, 2.75) is 6.61 Å². The molecule has 0 aliphatic carbocycles. The van der Waals surface area contributed by atoms with Crippen LogP contribution in [0.25, 0.3) is 10.2 Å². The molecule has 0 aliphatic heterocycles. The Hall–Kier alpha value is -2.93. The number of thiazole rings is 1. The van der Waals surface area contributed by atoms with Crippen LogP contribution < -0.4 is 9.47 Å². The van der Waals surface area contributed by atoms with E-state index in [1.807, 2.05) is 24.3 Å². The van der Waals surface area contributed by atoms with E-state index in [2.05, 4.69) is 4.98 Å². The van der Waals surface area contributed by atoms with E-state index in [1.54, 1.807) is 12.1 Å². The van der Waals surface area contributed by atoms with E-state index >= 15 is 0 Å². The number of hydrogen-bond acceptors (Lipinski definition) is 7. The summed E-state index contributed by atoms with van der Waals surface area (Å²) in [6, 6.07) is 12.4. The summed E-state index contributed by atoms with van der Waals surface area (Å²) in [5.74, 6) is 0.231. The summed E-state index contributed by atoms with van der Waals surface area (Å²) < 4.78 is 16.8. The monoisotopic (exact) mass is 357 g/mol. The number of nitrogens with zero attached hydrogens (tertiary/aromatic N) is 1. The summed E-state index contributed by atoms with van der Waals surface area (Å²) >= 11 is 1.48. The third kappa shape index (κ3) is 4.13. The Morgan fingerprint density at radius 1 is 1.20 bits per heavy atom. The highest BCUT2D eigenvalue weighted by molar-refractivity contribution is 7.18. The normalized spacial score (nSPS) is 10.4. The van der Waals surface area contributed by atoms with Gasteiger partial charge in [0, 0.05) is 5.56 Å². The highest BCUT2D eigenvalue weighted by atomic mass is 32.1. The molecule has 0 saturated heterocycles. The van der Waals surface area contributed by atoms with Crippen LogP contribution in [-0.4, -0.2) is 31.0 Å². The largest absolute Gasteiger partial charge is 0.493 e. The zero-order valence-electron chi connectivity index (χ0n) is 13.4. The lowest BCUT2D eigenvalue weighted by molar-refractivity contribution is -0.147. The molecule has 128 valence electrons. The molecule has 1 heterocycles. The fourth-order valence-electron chi connectivity index (χ4n) is 2.18. The van der Waals surface area contributed by atoms with Crippen LogP contribution >= 0.6 is 11.3 Å². The molecule has 0 amide bonds. The molecular formula is C18H15NO5S. The van der Waals surface area contributed by atoms with Gasteiger partial charge in [0.05, 0.1) is 17.3 Å². The van der Waals surface area contributed by atoms with Gasteiger partial charge in [0.15, 0.2) is 18.1 Å². The van der Waals surface area contributed by atoms with E-state index in [4.69, 9.17) is 14.2 Å². The molecule has 0 bridgehead atoms. The smallest absolute Gasteiger partial charge is 0.344 e. The predicted molar refractivity (Wildman–Crippen MR) is 93.3 cm³/mol. The molecule has 1 aromatic heterocycles. The first kappa shape index (κ1) is 16.9. The second kappa shape index (κ2) is 7.76. The lowest BCUT2D eigenvalue weighted by Crippen LogP contribution is -2.15. The van der Waals surface area contributed by atoms with E-state index in [9.17, 15) is 9.59 Å². The van der Waals surface area contributed by atoms with Crippen molar-refractivity contribution in [1.82, 2.24) is 4.98 Å². The molecule has 0 spiro atoms. The number of benzene rings is 2. The van der Waals surface area contributed by atoms with Gasteiger partial charge >= 0.3 is 5.97 Å². The van der Waals surface area contributed by atoms with Gasteiger partial charge in [-0.15, -0.1) is 11.3 Å². The minimum Gasteiger partial charge on any atom is -0.493 e. The van der Waals surface area contributed by atoms with Crippen molar-refractivity contribution in [2.24, 2.45) is 0 Å². The van der Waals surface area contributed by atoms with Crippen LogP contribution in [0.4, 0.5) is 0 Å². The van der Waals surface area contributed by atoms with Crippen LogP contribution in [0.15, 0.2) is 42.5 Å². The molecular weight excluding hydrogens is 342 g/mol. The molecule has 25 heavy (non-hydrogen) atoms. The van der Waals surface area contributed by atoms with Gasteiger partial charge < -0.3 is 14.2 Å². The van der Waals surface area contributed by atoms with Crippen molar-refractivity contribution in [3.8, 4) is 11.5 Å². The number of esters is 1. The predicted octanol–water partition coefficient (Wildman–Crippen LogP) is 3.24. The average Bonchev–Trinajstić information content (AvgIpc) is 3.07. The summed E-state index contributed by atoms with van der Waals surface area (Å²) in [5.41, 5.74) is 1.34. The number of aromatic nitrogens is 1. The molecule has 2 aromatic carbocycles. The Kier molecular flexibility index (Phi) is 5.25. The maximum absolute atomic E-state index is 11.9. The summed E-state index contributed by atoms with van der Waals surface area (Å²) in [6.45, 7) is -0.162. The molecule has 3 rings (SSSR count). The molecule has 0 atom stereocenters. The van der Waals surface area contributed by atoms with Crippen LogP contribution in [-0.2, 0) is 16.1 Å². The third-order valence-corrected chi connectivity index (χ3v) is 4.37. The zero-order chi connectivity index (χ0) is 17.6. The number of rotatable bonds is 7. The minimum atomic E-state index is -0.513. The number of carbonyl (C=O) groups is 2. The summed E-state index contributed by atoms with van der Waals surface area (Å²) in [5, 5.41) is 0.725. The van der Waals surface area contributed by atoms with E-state index in [1.165, 1.54) is 24.5 Å². The minimum absolute atomic E-state index is 0.1000. The Morgan fingerprint density at radius 2 is 2.04 bits per heavy atom. The van der Waals surface area contributed by atoms with Crippen LogP contribution in [0.3, 0.4) is 0 Å². The van der Waals surface area contributed by atoms with Crippen LogP contribution in [0, 0.1) is 0 Å². The van der Waals surface area contributed by atoms with Gasteiger partial charge in [-0.05, 0) is 30.3 Å². The fraction of sp³-hybridized carbons (Fsp3) is 0.167. The Labute approximate surface area is 148 Å². The van der Waals surface area contributed by atoms with E-state index in [0.29, 0.717) is 23.3 Å². The molecule has 7 heteroatoms. The van der Waals surface area contributed by atoms with Crippen molar-refractivity contribution < 1.29 is 23.8 Å². The van der Waals surface area contributed by atoms with Crippen molar-refractivity contribution in [3.05, 3.63) is 53.0 Å². The molecule has 0 unspecified atom stereocenters. The number of ether oxygens (including phenoxy) is 3. The first-order chi connectivity index (χ1) is 12.2. The quantitative estimate of drug-likeness (QED) is 0.477. The molecule has 0 N–H and O–H groups in total. The first-order valence-corrected chi connectivity index (χ1v) is 8.27. The number of aldehydes is 1. The van der Waals surface area contributed by atoms with Crippen LogP contribution in [0.2, 0.25) is 0 Å². The maximum atomic E-state index is 11.9. The molecule has 6 nitrogen and oxygen atoms in total. The van der Waals surface area contributed by atoms with Crippen molar-refractivity contribution >= 4 is 33.8 Å². The summed E-state index contributed by atoms with van der Waals surface area (Å²) in [7, 11) is 1.46. The van der Waals surface area contributed by atoms with Crippen LogP contribution in [0.5, 0.6) is 11.5 Å². The third-order valence-electron chi connectivity index (χ3n) is 3.36. The summed E-state index contributed by atoms with van der Waals surface area (Å²) in [6.07, 6.45) is 0.707. The Balaban J connectivity index is 1.55. The van der Waals surface area contributed by atoms with Crippen molar-refractivity contribution in [2.75, 3.05) is 13.7 Å².